The Morgan fingerprint density at radius 2 is 2.15 bits per heavy atom. The lowest BCUT2D eigenvalue weighted by molar-refractivity contribution is 0.0958. The Balaban J connectivity index is 1.89. The number of amides is 1. The van der Waals surface area contributed by atoms with Gasteiger partial charge in [-0.05, 0) is 36.2 Å². The number of hydrogen-bond acceptors (Lipinski definition) is 6. The molecule has 7 heteroatoms. The van der Waals surface area contributed by atoms with E-state index in [-0.39, 0.29) is 0 Å². The highest BCUT2D eigenvalue weighted by Crippen LogP contribution is 2.30. The maximum atomic E-state index is 12.4. The summed E-state index contributed by atoms with van der Waals surface area (Å²) in [7, 11) is 0. The van der Waals surface area contributed by atoms with Crippen molar-refractivity contribution in [2.75, 3.05) is 12.3 Å². The number of rotatable bonds is 5. The zero-order valence-corrected chi connectivity index (χ0v) is 15.8. The van der Waals surface area contributed by atoms with Gasteiger partial charge in [0.25, 0.3) is 5.91 Å². The average Bonchev–Trinajstić information content (AvgIpc) is 2.96. The van der Waals surface area contributed by atoms with Crippen LogP contribution < -0.4 is 15.9 Å². The van der Waals surface area contributed by atoms with Crippen LogP contribution in [-0.2, 0) is 0 Å². The van der Waals surface area contributed by atoms with Crippen LogP contribution in [0.5, 0.6) is 5.75 Å². The van der Waals surface area contributed by atoms with Gasteiger partial charge in [-0.2, -0.15) is 10.4 Å². The molecule has 2 aromatic carbocycles. The fourth-order valence-corrected chi connectivity index (χ4v) is 3.70. The lowest BCUT2D eigenvalue weighted by Crippen LogP contribution is -2.17. The van der Waals surface area contributed by atoms with Crippen molar-refractivity contribution in [3.8, 4) is 11.8 Å². The molecular formula is C20H18N4O2S. The summed E-state index contributed by atoms with van der Waals surface area (Å²) in [6.45, 7) is 4.13. The molecule has 1 heterocycles. The van der Waals surface area contributed by atoms with Crippen LogP contribution in [-0.4, -0.2) is 18.7 Å². The summed E-state index contributed by atoms with van der Waals surface area (Å²) in [4.78, 5) is 12.8. The molecule has 1 aromatic heterocycles. The van der Waals surface area contributed by atoms with Crippen molar-refractivity contribution in [1.82, 2.24) is 5.43 Å². The van der Waals surface area contributed by atoms with Crippen molar-refractivity contribution in [3.63, 3.8) is 0 Å². The van der Waals surface area contributed by atoms with Gasteiger partial charge in [0.1, 0.15) is 21.7 Å². The summed E-state index contributed by atoms with van der Waals surface area (Å²) < 4.78 is 5.69. The Kier molecular flexibility index (Phi) is 5.38. The van der Waals surface area contributed by atoms with Gasteiger partial charge < -0.3 is 10.5 Å². The summed E-state index contributed by atoms with van der Waals surface area (Å²) in [6, 6.07) is 13.8. The molecule has 1 amide bonds. The van der Waals surface area contributed by atoms with Crippen LogP contribution in [0.3, 0.4) is 0 Å². The second-order valence-electron chi connectivity index (χ2n) is 5.74. The third kappa shape index (κ3) is 3.61. The molecule has 3 N–H and O–H groups in total. The maximum Gasteiger partial charge on any atom is 0.281 e. The largest absolute Gasteiger partial charge is 0.493 e. The molecule has 0 atom stereocenters. The molecular weight excluding hydrogens is 360 g/mol. The van der Waals surface area contributed by atoms with E-state index in [1.54, 1.807) is 13.1 Å². The molecule has 136 valence electrons. The van der Waals surface area contributed by atoms with E-state index in [2.05, 4.69) is 10.5 Å². The molecule has 0 bridgehead atoms. The van der Waals surface area contributed by atoms with Gasteiger partial charge in [0, 0.05) is 5.56 Å². The first-order valence-corrected chi connectivity index (χ1v) is 9.15. The van der Waals surface area contributed by atoms with E-state index in [0.29, 0.717) is 33.4 Å². The van der Waals surface area contributed by atoms with Gasteiger partial charge in [-0.25, -0.2) is 5.43 Å². The SMILES string of the molecule is CCOc1ccc2ccccc2c1/C=N\NC(=O)c1sc(N)c(C#N)c1C. The smallest absolute Gasteiger partial charge is 0.281 e. The number of hydrogen-bond donors (Lipinski definition) is 2. The number of nitrogens with one attached hydrogen (secondary N) is 1. The fraction of sp³-hybridized carbons (Fsp3) is 0.150. The number of nitriles is 1. The van der Waals surface area contributed by atoms with E-state index in [9.17, 15) is 4.79 Å². The number of anilines is 1. The van der Waals surface area contributed by atoms with Crippen LogP contribution in [0, 0.1) is 18.3 Å². The molecule has 6 nitrogen and oxygen atoms in total. The van der Waals surface area contributed by atoms with Crippen molar-refractivity contribution < 1.29 is 9.53 Å². The van der Waals surface area contributed by atoms with Gasteiger partial charge in [-0.15, -0.1) is 11.3 Å². The van der Waals surface area contributed by atoms with Gasteiger partial charge in [0.15, 0.2) is 0 Å². The average molecular weight is 378 g/mol. The quantitative estimate of drug-likeness (QED) is 0.520. The van der Waals surface area contributed by atoms with Crippen LogP contribution >= 0.6 is 11.3 Å². The normalized spacial score (nSPS) is 10.9. The molecule has 3 rings (SSSR count). The second kappa shape index (κ2) is 7.89. The number of ether oxygens (including phenoxy) is 1. The van der Waals surface area contributed by atoms with E-state index < -0.39 is 5.91 Å². The first-order chi connectivity index (χ1) is 13.1. The number of carbonyl (C=O) groups excluding carboxylic acids is 1. The minimum atomic E-state index is -0.403. The predicted octanol–water partition coefficient (Wildman–Crippen LogP) is 3.83. The molecule has 0 spiro atoms. The van der Waals surface area contributed by atoms with Crippen LogP contribution in [0.15, 0.2) is 41.5 Å². The van der Waals surface area contributed by atoms with Gasteiger partial charge >= 0.3 is 0 Å². The summed E-state index contributed by atoms with van der Waals surface area (Å²) in [5.74, 6) is 0.290. The number of thiophene rings is 1. The third-order valence-corrected chi connectivity index (χ3v) is 5.20. The molecule has 0 unspecified atom stereocenters. The highest BCUT2D eigenvalue weighted by atomic mass is 32.1. The lowest BCUT2D eigenvalue weighted by Gasteiger charge is -2.10. The van der Waals surface area contributed by atoms with Crippen LogP contribution in [0.25, 0.3) is 10.8 Å². The van der Waals surface area contributed by atoms with Crippen molar-refractivity contribution in [2.24, 2.45) is 5.10 Å². The summed E-state index contributed by atoms with van der Waals surface area (Å²) >= 11 is 1.08. The second-order valence-corrected chi connectivity index (χ2v) is 6.79. The first-order valence-electron chi connectivity index (χ1n) is 8.33. The first kappa shape index (κ1) is 18.4. The summed E-state index contributed by atoms with van der Waals surface area (Å²) in [5, 5.41) is 15.6. The predicted molar refractivity (Wildman–Crippen MR) is 108 cm³/mol. The minimum Gasteiger partial charge on any atom is -0.493 e. The Morgan fingerprint density at radius 3 is 2.85 bits per heavy atom. The van der Waals surface area contributed by atoms with Crippen molar-refractivity contribution >= 4 is 39.2 Å². The third-order valence-electron chi connectivity index (χ3n) is 4.08. The van der Waals surface area contributed by atoms with E-state index in [0.717, 1.165) is 27.7 Å². The molecule has 0 radical (unpaired) electrons. The number of nitrogen functional groups attached to an aromatic ring is 1. The van der Waals surface area contributed by atoms with Crippen molar-refractivity contribution in [2.45, 2.75) is 13.8 Å². The zero-order valence-electron chi connectivity index (χ0n) is 14.9. The Labute approximate surface area is 160 Å². The molecule has 0 aliphatic heterocycles. The van der Waals surface area contributed by atoms with E-state index in [4.69, 9.17) is 15.7 Å². The van der Waals surface area contributed by atoms with Crippen LogP contribution in [0.2, 0.25) is 0 Å². The van der Waals surface area contributed by atoms with E-state index in [1.165, 1.54) is 0 Å². The topological polar surface area (TPSA) is 100 Å². The van der Waals surface area contributed by atoms with Gasteiger partial charge in [-0.1, -0.05) is 30.3 Å². The molecule has 0 aliphatic carbocycles. The fourth-order valence-electron chi connectivity index (χ4n) is 2.79. The molecule has 0 saturated heterocycles. The Hall–Kier alpha value is -3.37. The number of fused-ring (bicyclic) bond motifs is 1. The Morgan fingerprint density at radius 1 is 1.37 bits per heavy atom. The summed E-state index contributed by atoms with van der Waals surface area (Å²) in [6.07, 6.45) is 1.57. The van der Waals surface area contributed by atoms with E-state index >= 15 is 0 Å². The number of hydrazone groups is 1. The van der Waals surface area contributed by atoms with Crippen molar-refractivity contribution in [1.29, 1.82) is 5.26 Å². The van der Waals surface area contributed by atoms with Gasteiger partial charge in [0.2, 0.25) is 0 Å². The van der Waals surface area contributed by atoms with Crippen LogP contribution in [0.1, 0.15) is 33.3 Å². The molecule has 0 fully saturated rings. The molecule has 0 aliphatic rings. The van der Waals surface area contributed by atoms with Gasteiger partial charge in [0.05, 0.1) is 18.4 Å². The minimum absolute atomic E-state index is 0.330. The summed E-state index contributed by atoms with van der Waals surface area (Å²) in [5.41, 5.74) is 9.98. The Bertz CT molecular complexity index is 1080. The highest BCUT2D eigenvalue weighted by Gasteiger charge is 2.18. The zero-order chi connectivity index (χ0) is 19.4. The van der Waals surface area contributed by atoms with E-state index in [1.807, 2.05) is 49.4 Å². The molecule has 27 heavy (non-hydrogen) atoms. The number of nitrogens with zero attached hydrogens (tertiary/aromatic N) is 2. The van der Waals surface area contributed by atoms with Crippen LogP contribution in [0.4, 0.5) is 5.00 Å². The molecule has 0 saturated carbocycles. The monoisotopic (exact) mass is 378 g/mol. The van der Waals surface area contributed by atoms with Gasteiger partial charge in [-0.3, -0.25) is 4.79 Å². The molecule has 3 aromatic rings. The standard InChI is InChI=1S/C20H18N4O2S/c1-3-26-17-9-8-13-6-4-5-7-14(13)16(17)11-23-24-20(25)18-12(2)15(10-21)19(22)27-18/h4-9,11H,3,22H2,1-2H3,(H,24,25)/b23-11-. The lowest BCUT2D eigenvalue weighted by atomic mass is 10.0. The maximum absolute atomic E-state index is 12.4. The number of carbonyl (C=O) groups is 1. The van der Waals surface area contributed by atoms with Crippen molar-refractivity contribution in [3.05, 3.63) is 58.0 Å². The number of nitrogens with two attached hydrogens (primary N) is 1. The highest BCUT2D eigenvalue weighted by molar-refractivity contribution is 7.18. The number of benzene rings is 2.